The monoisotopic (exact) mass is 275 g/mol. The van der Waals surface area contributed by atoms with E-state index in [0.717, 1.165) is 0 Å². The molecule has 1 atom stereocenters. The fourth-order valence-electron chi connectivity index (χ4n) is 1.78. The number of nitrogens with zero attached hydrogens (tertiary/aromatic N) is 1. The minimum atomic E-state index is -0.277. The van der Waals surface area contributed by atoms with Gasteiger partial charge in [0.15, 0.2) is 0 Å². The summed E-state index contributed by atoms with van der Waals surface area (Å²) in [6.45, 7) is 2.27. The summed E-state index contributed by atoms with van der Waals surface area (Å²) in [6.07, 6.45) is 1.44. The molecule has 0 aliphatic carbocycles. The van der Waals surface area contributed by atoms with Gasteiger partial charge in [-0.15, -0.1) is 0 Å². The summed E-state index contributed by atoms with van der Waals surface area (Å²) in [5.41, 5.74) is 6.20. The molecule has 1 amide bonds. The quantitative estimate of drug-likeness (QED) is 0.729. The van der Waals surface area contributed by atoms with Crippen LogP contribution in [0.25, 0.3) is 0 Å². The molecule has 1 aliphatic rings. The maximum absolute atomic E-state index is 12.1. The number of carbonyl (C=O) groups is 1. The predicted molar refractivity (Wildman–Crippen MR) is 73.1 cm³/mol. The van der Waals surface area contributed by atoms with Gasteiger partial charge in [-0.25, -0.2) is 4.98 Å². The molecule has 1 fully saturated rings. The third-order valence-corrected chi connectivity index (χ3v) is 2.72. The molecular weight excluding hydrogens is 258 g/mol. The zero-order valence-corrected chi connectivity index (χ0v) is 11.1. The van der Waals surface area contributed by atoms with Gasteiger partial charge >= 0.3 is 0 Å². The molecule has 0 spiro atoms. The first kappa shape index (κ1) is 14.5. The molecule has 0 aromatic carbocycles. The lowest BCUT2D eigenvalue weighted by molar-refractivity contribution is -0.0855. The number of aromatic nitrogens is 1. The van der Waals surface area contributed by atoms with Crippen molar-refractivity contribution in [1.29, 1.82) is 0 Å². The van der Waals surface area contributed by atoms with Crippen LogP contribution in [0, 0.1) is 11.8 Å². The number of hydrogen-bond donors (Lipinski definition) is 2. The number of nitrogens with two attached hydrogens (primary N) is 1. The molecule has 20 heavy (non-hydrogen) atoms. The number of nitrogens with one attached hydrogen (secondary N) is 1. The summed E-state index contributed by atoms with van der Waals surface area (Å²) in [7, 11) is 0. The van der Waals surface area contributed by atoms with E-state index in [9.17, 15) is 4.79 Å². The molecule has 6 nitrogen and oxygen atoms in total. The molecule has 0 saturated carbocycles. The second kappa shape index (κ2) is 7.60. The molecule has 2 heterocycles. The second-order valence-electron chi connectivity index (χ2n) is 4.18. The Morgan fingerprint density at radius 3 is 3.20 bits per heavy atom. The van der Waals surface area contributed by atoms with Crippen LogP contribution in [0.4, 0.5) is 0 Å². The van der Waals surface area contributed by atoms with Gasteiger partial charge in [-0.05, 0) is 12.1 Å². The SMILES string of the molecule is NCC#Cc1cccnc1C(=O)NCC1COCCO1. The number of hydrogen-bond acceptors (Lipinski definition) is 5. The highest BCUT2D eigenvalue weighted by atomic mass is 16.6. The van der Waals surface area contributed by atoms with Gasteiger partial charge in [0.2, 0.25) is 0 Å². The normalized spacial score (nSPS) is 17.9. The highest BCUT2D eigenvalue weighted by Crippen LogP contribution is 2.04. The Hall–Kier alpha value is -1.94. The van der Waals surface area contributed by atoms with Crippen molar-refractivity contribution in [3.63, 3.8) is 0 Å². The van der Waals surface area contributed by atoms with Crippen molar-refractivity contribution in [2.75, 3.05) is 32.9 Å². The summed E-state index contributed by atoms with van der Waals surface area (Å²) in [4.78, 5) is 16.2. The van der Waals surface area contributed by atoms with E-state index in [1.807, 2.05) is 0 Å². The van der Waals surface area contributed by atoms with Gasteiger partial charge < -0.3 is 20.5 Å². The fourth-order valence-corrected chi connectivity index (χ4v) is 1.78. The van der Waals surface area contributed by atoms with E-state index < -0.39 is 0 Å². The first-order chi connectivity index (χ1) is 9.81. The number of ether oxygens (including phenoxy) is 2. The van der Waals surface area contributed by atoms with Crippen molar-refractivity contribution in [3.05, 3.63) is 29.6 Å². The largest absolute Gasteiger partial charge is 0.376 e. The lowest BCUT2D eigenvalue weighted by atomic mass is 10.2. The molecule has 1 aromatic heterocycles. The standard InChI is InChI=1S/C14H17N3O3/c15-5-1-3-11-4-2-6-16-13(11)14(18)17-9-12-10-19-7-8-20-12/h2,4,6,12H,5,7-10,15H2,(H,17,18). The molecule has 1 aliphatic heterocycles. The van der Waals surface area contributed by atoms with E-state index in [0.29, 0.717) is 37.6 Å². The number of rotatable bonds is 3. The summed E-state index contributed by atoms with van der Waals surface area (Å²) >= 11 is 0. The molecule has 106 valence electrons. The van der Waals surface area contributed by atoms with Crippen LogP contribution in [0.2, 0.25) is 0 Å². The van der Waals surface area contributed by atoms with Crippen molar-refractivity contribution < 1.29 is 14.3 Å². The van der Waals surface area contributed by atoms with Gasteiger partial charge in [0, 0.05) is 12.7 Å². The Balaban J connectivity index is 1.97. The van der Waals surface area contributed by atoms with Crippen molar-refractivity contribution in [3.8, 4) is 11.8 Å². The zero-order chi connectivity index (χ0) is 14.2. The molecule has 3 N–H and O–H groups in total. The average Bonchev–Trinajstić information content (AvgIpc) is 2.52. The minimum absolute atomic E-state index is 0.116. The maximum Gasteiger partial charge on any atom is 0.271 e. The third-order valence-electron chi connectivity index (χ3n) is 2.72. The third kappa shape index (κ3) is 4.03. The predicted octanol–water partition coefficient (Wildman–Crippen LogP) is -0.463. The Kier molecular flexibility index (Phi) is 5.50. The van der Waals surface area contributed by atoms with E-state index >= 15 is 0 Å². The Morgan fingerprint density at radius 1 is 1.55 bits per heavy atom. The molecule has 1 unspecified atom stereocenters. The van der Waals surface area contributed by atoms with Crippen LogP contribution < -0.4 is 11.1 Å². The van der Waals surface area contributed by atoms with E-state index in [4.69, 9.17) is 15.2 Å². The highest BCUT2D eigenvalue weighted by molar-refractivity contribution is 5.94. The van der Waals surface area contributed by atoms with Crippen molar-refractivity contribution in [2.24, 2.45) is 5.73 Å². The van der Waals surface area contributed by atoms with Crippen LogP contribution in [0.1, 0.15) is 16.1 Å². The van der Waals surface area contributed by atoms with Crippen LogP contribution in [-0.2, 0) is 9.47 Å². The van der Waals surface area contributed by atoms with Gasteiger partial charge in [0.1, 0.15) is 5.69 Å². The van der Waals surface area contributed by atoms with Gasteiger partial charge in [0.05, 0.1) is 38.0 Å². The van der Waals surface area contributed by atoms with Gasteiger partial charge in [-0.1, -0.05) is 11.8 Å². The lowest BCUT2D eigenvalue weighted by Crippen LogP contribution is -2.40. The van der Waals surface area contributed by atoms with Gasteiger partial charge in [-0.3, -0.25) is 4.79 Å². The zero-order valence-electron chi connectivity index (χ0n) is 11.1. The van der Waals surface area contributed by atoms with Crippen LogP contribution in [0.15, 0.2) is 18.3 Å². The van der Waals surface area contributed by atoms with Gasteiger partial charge in [-0.2, -0.15) is 0 Å². The van der Waals surface area contributed by atoms with Crippen LogP contribution in [0.3, 0.4) is 0 Å². The first-order valence-electron chi connectivity index (χ1n) is 6.42. The Bertz CT molecular complexity index is 516. The fraction of sp³-hybridized carbons (Fsp3) is 0.429. The van der Waals surface area contributed by atoms with Crippen molar-refractivity contribution in [2.45, 2.75) is 6.10 Å². The molecule has 0 radical (unpaired) electrons. The van der Waals surface area contributed by atoms with Crippen LogP contribution >= 0.6 is 0 Å². The molecular formula is C14H17N3O3. The smallest absolute Gasteiger partial charge is 0.271 e. The average molecular weight is 275 g/mol. The highest BCUT2D eigenvalue weighted by Gasteiger charge is 2.17. The Labute approximate surface area is 117 Å². The molecule has 1 aromatic rings. The summed E-state index contributed by atoms with van der Waals surface area (Å²) in [5.74, 6) is 5.28. The first-order valence-corrected chi connectivity index (χ1v) is 6.42. The minimum Gasteiger partial charge on any atom is -0.376 e. The van der Waals surface area contributed by atoms with Crippen molar-refractivity contribution >= 4 is 5.91 Å². The van der Waals surface area contributed by atoms with E-state index in [1.165, 1.54) is 0 Å². The van der Waals surface area contributed by atoms with Crippen LogP contribution in [-0.4, -0.2) is 49.9 Å². The number of carbonyl (C=O) groups excluding carboxylic acids is 1. The van der Waals surface area contributed by atoms with Gasteiger partial charge in [0.25, 0.3) is 5.91 Å². The van der Waals surface area contributed by atoms with E-state index in [2.05, 4.69) is 22.1 Å². The van der Waals surface area contributed by atoms with Crippen molar-refractivity contribution in [1.82, 2.24) is 10.3 Å². The Morgan fingerprint density at radius 2 is 2.45 bits per heavy atom. The summed E-state index contributed by atoms with van der Waals surface area (Å²) < 4.78 is 10.7. The molecule has 1 saturated heterocycles. The summed E-state index contributed by atoms with van der Waals surface area (Å²) in [6, 6.07) is 3.47. The topological polar surface area (TPSA) is 86.5 Å². The maximum atomic E-state index is 12.1. The number of amides is 1. The lowest BCUT2D eigenvalue weighted by Gasteiger charge is -2.23. The van der Waals surface area contributed by atoms with E-state index in [1.54, 1.807) is 18.3 Å². The molecule has 2 rings (SSSR count). The van der Waals surface area contributed by atoms with Crippen LogP contribution in [0.5, 0.6) is 0 Å². The summed E-state index contributed by atoms with van der Waals surface area (Å²) in [5, 5.41) is 2.78. The second-order valence-corrected chi connectivity index (χ2v) is 4.18. The molecule has 6 heteroatoms. The van der Waals surface area contributed by atoms with E-state index in [-0.39, 0.29) is 18.6 Å². The molecule has 0 bridgehead atoms. The number of pyridine rings is 1.